The van der Waals surface area contributed by atoms with Crippen molar-refractivity contribution in [3.8, 4) is 11.6 Å². The van der Waals surface area contributed by atoms with Crippen molar-refractivity contribution in [1.82, 2.24) is 19.7 Å². The Bertz CT molecular complexity index is 507. The number of carboxylic acid groups (broad SMARTS) is 1. The van der Waals surface area contributed by atoms with Crippen molar-refractivity contribution in [2.75, 3.05) is 5.75 Å². The number of hydrogen-bond donors (Lipinski definition) is 1. The summed E-state index contributed by atoms with van der Waals surface area (Å²) in [6.45, 7) is 0. The lowest BCUT2D eigenvalue weighted by Crippen LogP contribution is -1.97. The van der Waals surface area contributed by atoms with Gasteiger partial charge in [-0.15, -0.1) is 10.2 Å². The fourth-order valence-electron chi connectivity index (χ4n) is 1.02. The molecule has 2 rings (SSSR count). The molecule has 0 spiro atoms. The highest BCUT2D eigenvalue weighted by Crippen LogP contribution is 2.21. The van der Waals surface area contributed by atoms with Gasteiger partial charge in [-0.2, -0.15) is 0 Å². The van der Waals surface area contributed by atoms with Crippen LogP contribution in [-0.4, -0.2) is 36.6 Å². The van der Waals surface area contributed by atoms with Crippen LogP contribution in [0.5, 0.6) is 0 Å². The number of carboxylic acids is 1. The number of imidazole rings is 1. The van der Waals surface area contributed by atoms with Gasteiger partial charge in [0.2, 0.25) is 0 Å². The van der Waals surface area contributed by atoms with E-state index in [2.05, 4.69) is 15.2 Å². The number of rotatable bonds is 4. The fourth-order valence-corrected chi connectivity index (χ4v) is 1.50. The van der Waals surface area contributed by atoms with Gasteiger partial charge in [0, 0.05) is 13.2 Å². The Hall–Kier alpha value is -1.83. The molecular weight excluding hydrogens is 232 g/mol. The summed E-state index contributed by atoms with van der Waals surface area (Å²) >= 11 is 0.976. The van der Waals surface area contributed by atoms with Crippen LogP contribution < -0.4 is 0 Å². The highest BCUT2D eigenvalue weighted by atomic mass is 32.2. The molecule has 0 aromatic carbocycles. The summed E-state index contributed by atoms with van der Waals surface area (Å²) in [6.07, 6.45) is 3.35. The number of aliphatic carboxylic acids is 1. The van der Waals surface area contributed by atoms with Crippen LogP contribution in [0.4, 0.5) is 0 Å². The molecule has 0 bridgehead atoms. The highest BCUT2D eigenvalue weighted by Gasteiger charge is 2.12. The van der Waals surface area contributed by atoms with Crippen molar-refractivity contribution >= 4 is 17.7 Å². The maximum absolute atomic E-state index is 10.3. The standard InChI is InChI=1S/C8H8N4O3S/c1-12-2-5(9-4-12)7-10-11-8(15-7)16-3-6(13)14/h2,4H,3H2,1H3,(H,13,14). The first-order valence-corrected chi connectivity index (χ1v) is 5.30. The molecule has 0 fully saturated rings. The first kappa shape index (κ1) is 10.7. The van der Waals surface area contributed by atoms with E-state index < -0.39 is 5.97 Å². The van der Waals surface area contributed by atoms with Crippen LogP contribution in [0, 0.1) is 0 Å². The van der Waals surface area contributed by atoms with Crippen LogP contribution >= 0.6 is 11.8 Å². The molecule has 84 valence electrons. The number of hydrogen-bond acceptors (Lipinski definition) is 6. The predicted octanol–water partition coefficient (Wildman–Crippen LogP) is 0.647. The van der Waals surface area contributed by atoms with Crippen molar-refractivity contribution in [1.29, 1.82) is 0 Å². The third-order valence-corrected chi connectivity index (χ3v) is 2.45. The molecule has 0 atom stereocenters. The molecule has 0 aliphatic rings. The Morgan fingerprint density at radius 3 is 3.06 bits per heavy atom. The number of aromatic nitrogens is 4. The van der Waals surface area contributed by atoms with Crippen molar-refractivity contribution in [2.45, 2.75) is 5.22 Å². The SMILES string of the molecule is Cn1cnc(-c2nnc(SCC(=O)O)o2)c1. The summed E-state index contributed by atoms with van der Waals surface area (Å²) in [4.78, 5) is 14.4. The average Bonchev–Trinajstić information content (AvgIpc) is 2.83. The summed E-state index contributed by atoms with van der Waals surface area (Å²) < 4.78 is 6.99. The summed E-state index contributed by atoms with van der Waals surface area (Å²) in [5.41, 5.74) is 0.567. The molecule has 0 aliphatic heterocycles. The maximum Gasteiger partial charge on any atom is 0.314 e. The molecule has 0 unspecified atom stereocenters. The minimum absolute atomic E-state index is 0.107. The predicted molar refractivity (Wildman–Crippen MR) is 54.9 cm³/mol. The summed E-state index contributed by atoms with van der Waals surface area (Å²) in [7, 11) is 1.83. The van der Waals surface area contributed by atoms with Crippen LogP contribution in [0.1, 0.15) is 0 Å². The van der Waals surface area contributed by atoms with Crippen molar-refractivity contribution in [3.63, 3.8) is 0 Å². The Balaban J connectivity index is 2.10. The van der Waals surface area contributed by atoms with Gasteiger partial charge in [-0.3, -0.25) is 4.79 Å². The van der Waals surface area contributed by atoms with Gasteiger partial charge in [0.25, 0.3) is 11.1 Å². The van der Waals surface area contributed by atoms with E-state index in [9.17, 15) is 4.79 Å². The second-order valence-electron chi connectivity index (χ2n) is 2.98. The largest absolute Gasteiger partial charge is 0.481 e. The molecule has 0 amide bonds. The van der Waals surface area contributed by atoms with Crippen LogP contribution in [0.3, 0.4) is 0 Å². The van der Waals surface area contributed by atoms with Crippen molar-refractivity contribution in [2.24, 2.45) is 7.05 Å². The van der Waals surface area contributed by atoms with Crippen LogP contribution in [0.25, 0.3) is 11.6 Å². The minimum Gasteiger partial charge on any atom is -0.481 e. The number of thioether (sulfide) groups is 1. The number of aryl methyl sites for hydroxylation is 1. The molecule has 2 aromatic heterocycles. The molecule has 0 radical (unpaired) electrons. The zero-order valence-corrected chi connectivity index (χ0v) is 9.14. The first-order valence-electron chi connectivity index (χ1n) is 4.31. The van der Waals surface area contributed by atoms with Gasteiger partial charge in [0.1, 0.15) is 11.4 Å². The maximum atomic E-state index is 10.3. The molecule has 2 aromatic rings. The second-order valence-corrected chi connectivity index (χ2v) is 3.91. The van der Waals surface area contributed by atoms with Gasteiger partial charge in [-0.1, -0.05) is 11.8 Å². The molecule has 0 saturated carbocycles. The van der Waals surface area contributed by atoms with Crippen molar-refractivity contribution in [3.05, 3.63) is 12.5 Å². The van der Waals surface area contributed by atoms with E-state index in [-0.39, 0.29) is 16.9 Å². The summed E-state index contributed by atoms with van der Waals surface area (Å²) in [6, 6.07) is 0. The molecule has 16 heavy (non-hydrogen) atoms. The fraction of sp³-hybridized carbons (Fsp3) is 0.250. The van der Waals surface area contributed by atoms with E-state index >= 15 is 0 Å². The first-order chi connectivity index (χ1) is 7.65. The quantitative estimate of drug-likeness (QED) is 0.784. The minimum atomic E-state index is -0.928. The van der Waals surface area contributed by atoms with E-state index in [1.54, 1.807) is 17.1 Å². The van der Waals surface area contributed by atoms with Crippen LogP contribution in [0.2, 0.25) is 0 Å². The highest BCUT2D eigenvalue weighted by molar-refractivity contribution is 7.99. The van der Waals surface area contributed by atoms with E-state index in [0.29, 0.717) is 5.69 Å². The molecule has 1 N–H and O–H groups in total. The van der Waals surface area contributed by atoms with E-state index in [0.717, 1.165) is 11.8 Å². The van der Waals surface area contributed by atoms with E-state index in [1.165, 1.54) is 0 Å². The summed E-state index contributed by atoms with van der Waals surface area (Å²) in [5.74, 6) is -0.750. The average molecular weight is 240 g/mol. The zero-order valence-electron chi connectivity index (χ0n) is 8.32. The molecular formula is C8H8N4O3S. The Kier molecular flexibility index (Phi) is 2.91. The smallest absolute Gasteiger partial charge is 0.314 e. The molecule has 2 heterocycles. The summed E-state index contributed by atoms with van der Waals surface area (Å²) in [5, 5.41) is 16.2. The number of nitrogens with zero attached hydrogens (tertiary/aromatic N) is 4. The number of carbonyl (C=O) groups is 1. The lowest BCUT2D eigenvalue weighted by Gasteiger charge is -1.88. The monoisotopic (exact) mass is 240 g/mol. The normalized spacial score (nSPS) is 10.6. The zero-order chi connectivity index (χ0) is 11.5. The second kappa shape index (κ2) is 4.35. The third-order valence-electron chi connectivity index (χ3n) is 1.65. The molecule has 8 heteroatoms. The van der Waals surface area contributed by atoms with Crippen molar-refractivity contribution < 1.29 is 14.3 Å². The Morgan fingerprint density at radius 1 is 1.62 bits per heavy atom. The third kappa shape index (κ3) is 2.40. The lowest BCUT2D eigenvalue weighted by molar-refractivity contribution is -0.133. The van der Waals surface area contributed by atoms with Gasteiger partial charge in [-0.05, 0) is 0 Å². The topological polar surface area (TPSA) is 94.0 Å². The van der Waals surface area contributed by atoms with Crippen LogP contribution in [-0.2, 0) is 11.8 Å². The lowest BCUT2D eigenvalue weighted by atomic mass is 10.5. The molecule has 7 nitrogen and oxygen atoms in total. The van der Waals surface area contributed by atoms with E-state index in [1.807, 2.05) is 7.05 Å². The Labute approximate surface area is 94.5 Å². The van der Waals surface area contributed by atoms with Gasteiger partial charge in [0.15, 0.2) is 0 Å². The van der Waals surface area contributed by atoms with Gasteiger partial charge in [0.05, 0.1) is 6.33 Å². The van der Waals surface area contributed by atoms with Gasteiger partial charge < -0.3 is 14.1 Å². The molecule has 0 saturated heterocycles. The van der Waals surface area contributed by atoms with Gasteiger partial charge >= 0.3 is 5.97 Å². The van der Waals surface area contributed by atoms with Crippen LogP contribution in [0.15, 0.2) is 22.2 Å². The Morgan fingerprint density at radius 2 is 2.44 bits per heavy atom. The van der Waals surface area contributed by atoms with Gasteiger partial charge in [-0.25, -0.2) is 4.98 Å². The molecule has 0 aliphatic carbocycles. The van der Waals surface area contributed by atoms with E-state index in [4.69, 9.17) is 9.52 Å².